The van der Waals surface area contributed by atoms with Crippen LogP contribution < -0.4 is 10.3 Å². The highest BCUT2D eigenvalue weighted by Gasteiger charge is 2.07. The molecule has 0 aliphatic carbocycles. The molecule has 0 saturated heterocycles. The third-order valence-corrected chi connectivity index (χ3v) is 1.92. The number of aromatic nitrogens is 3. The molecule has 15 heavy (non-hydrogen) atoms. The minimum absolute atomic E-state index is 0.151. The second kappa shape index (κ2) is 3.91. The van der Waals surface area contributed by atoms with E-state index in [1.54, 1.807) is 24.7 Å². The van der Waals surface area contributed by atoms with E-state index in [2.05, 4.69) is 15.0 Å². The van der Waals surface area contributed by atoms with Gasteiger partial charge in [0.25, 0.3) is 0 Å². The van der Waals surface area contributed by atoms with Crippen LogP contribution in [0.25, 0.3) is 11.3 Å². The average Bonchev–Trinajstić information content (AvgIpc) is 2.30. The number of nitrogens with zero attached hydrogens (tertiary/aromatic N) is 2. The fourth-order valence-corrected chi connectivity index (χ4v) is 1.23. The zero-order valence-corrected chi connectivity index (χ0v) is 8.10. The van der Waals surface area contributed by atoms with Crippen LogP contribution in [-0.2, 0) is 0 Å². The number of nitrogens with one attached hydrogen (secondary N) is 1. The smallest absolute Gasteiger partial charge is 0.247 e. The molecule has 2 heterocycles. The SMILES string of the molecule is COc1nccnc1-c1ccc(=O)[nH]c1. The summed E-state index contributed by atoms with van der Waals surface area (Å²) in [4.78, 5) is 21.6. The number of methoxy groups -OCH3 is 1. The largest absolute Gasteiger partial charge is 0.479 e. The molecule has 76 valence electrons. The van der Waals surface area contributed by atoms with Crippen molar-refractivity contribution in [3.05, 3.63) is 41.1 Å². The van der Waals surface area contributed by atoms with E-state index in [0.717, 1.165) is 5.56 Å². The van der Waals surface area contributed by atoms with Crippen LogP contribution >= 0.6 is 0 Å². The monoisotopic (exact) mass is 203 g/mol. The van der Waals surface area contributed by atoms with Crippen LogP contribution in [0, 0.1) is 0 Å². The number of hydrogen-bond donors (Lipinski definition) is 1. The quantitative estimate of drug-likeness (QED) is 0.785. The first-order chi connectivity index (χ1) is 7.31. The molecule has 0 atom stereocenters. The normalized spacial score (nSPS) is 9.93. The van der Waals surface area contributed by atoms with Gasteiger partial charge < -0.3 is 9.72 Å². The van der Waals surface area contributed by atoms with Crippen molar-refractivity contribution in [1.82, 2.24) is 15.0 Å². The summed E-state index contributed by atoms with van der Waals surface area (Å²) in [6.45, 7) is 0. The molecule has 0 spiro atoms. The van der Waals surface area contributed by atoms with E-state index in [0.29, 0.717) is 11.6 Å². The van der Waals surface area contributed by atoms with Crippen LogP contribution in [0.5, 0.6) is 5.88 Å². The van der Waals surface area contributed by atoms with Crippen LogP contribution in [-0.4, -0.2) is 22.1 Å². The van der Waals surface area contributed by atoms with E-state index in [1.807, 2.05) is 0 Å². The minimum atomic E-state index is -0.151. The van der Waals surface area contributed by atoms with Gasteiger partial charge in [0, 0.05) is 30.2 Å². The Morgan fingerprint density at radius 2 is 2.07 bits per heavy atom. The molecule has 0 fully saturated rings. The minimum Gasteiger partial charge on any atom is -0.479 e. The molecule has 2 aromatic heterocycles. The maximum atomic E-state index is 10.9. The molecule has 1 N–H and O–H groups in total. The lowest BCUT2D eigenvalue weighted by atomic mass is 10.2. The van der Waals surface area contributed by atoms with Crippen molar-refractivity contribution in [2.45, 2.75) is 0 Å². The third-order valence-electron chi connectivity index (χ3n) is 1.92. The summed E-state index contributed by atoms with van der Waals surface area (Å²) >= 11 is 0. The van der Waals surface area contributed by atoms with E-state index < -0.39 is 0 Å². The Hall–Kier alpha value is -2.17. The number of ether oxygens (including phenoxy) is 1. The molecule has 0 aliphatic rings. The zero-order chi connectivity index (χ0) is 10.7. The van der Waals surface area contributed by atoms with Gasteiger partial charge in [0.1, 0.15) is 5.69 Å². The molecule has 5 heteroatoms. The van der Waals surface area contributed by atoms with Gasteiger partial charge >= 0.3 is 0 Å². The van der Waals surface area contributed by atoms with Gasteiger partial charge in [0.15, 0.2) is 0 Å². The molecule has 0 bridgehead atoms. The Kier molecular flexibility index (Phi) is 2.45. The van der Waals surface area contributed by atoms with Crippen molar-refractivity contribution in [1.29, 1.82) is 0 Å². The Morgan fingerprint density at radius 1 is 1.27 bits per heavy atom. The third kappa shape index (κ3) is 1.85. The Labute approximate surface area is 85.8 Å². The van der Waals surface area contributed by atoms with Crippen LogP contribution in [0.3, 0.4) is 0 Å². The molecule has 0 radical (unpaired) electrons. The highest BCUT2D eigenvalue weighted by Crippen LogP contribution is 2.22. The van der Waals surface area contributed by atoms with Crippen molar-refractivity contribution in [3.8, 4) is 17.1 Å². The number of rotatable bonds is 2. The van der Waals surface area contributed by atoms with Gasteiger partial charge in [-0.3, -0.25) is 4.79 Å². The number of aromatic amines is 1. The van der Waals surface area contributed by atoms with Gasteiger partial charge in [-0.05, 0) is 6.07 Å². The molecule has 0 unspecified atom stereocenters. The van der Waals surface area contributed by atoms with Crippen LogP contribution in [0.4, 0.5) is 0 Å². The summed E-state index contributed by atoms with van der Waals surface area (Å²) in [6.07, 6.45) is 4.70. The highest BCUT2D eigenvalue weighted by atomic mass is 16.5. The van der Waals surface area contributed by atoms with Crippen molar-refractivity contribution in [3.63, 3.8) is 0 Å². The lowest BCUT2D eigenvalue weighted by Crippen LogP contribution is -2.02. The molecular weight excluding hydrogens is 194 g/mol. The summed E-state index contributed by atoms with van der Waals surface area (Å²) in [6, 6.07) is 3.11. The molecular formula is C10H9N3O2. The van der Waals surface area contributed by atoms with Crippen LogP contribution in [0.2, 0.25) is 0 Å². The Bertz CT molecular complexity index is 502. The van der Waals surface area contributed by atoms with Gasteiger partial charge in [-0.2, -0.15) is 0 Å². The zero-order valence-electron chi connectivity index (χ0n) is 8.10. The predicted octanol–water partition coefficient (Wildman–Crippen LogP) is 0.840. The van der Waals surface area contributed by atoms with Crippen LogP contribution in [0.1, 0.15) is 0 Å². The number of hydrogen-bond acceptors (Lipinski definition) is 4. The molecule has 0 aliphatic heterocycles. The average molecular weight is 203 g/mol. The molecule has 0 aromatic carbocycles. The molecule has 0 amide bonds. The van der Waals surface area contributed by atoms with E-state index in [-0.39, 0.29) is 5.56 Å². The Morgan fingerprint density at radius 3 is 2.73 bits per heavy atom. The van der Waals surface area contributed by atoms with Crippen molar-refractivity contribution < 1.29 is 4.74 Å². The first kappa shape index (κ1) is 9.39. The van der Waals surface area contributed by atoms with Gasteiger partial charge in [0.05, 0.1) is 7.11 Å². The Balaban J connectivity index is 2.53. The fourth-order valence-electron chi connectivity index (χ4n) is 1.23. The topological polar surface area (TPSA) is 67.9 Å². The second-order valence-electron chi connectivity index (χ2n) is 2.86. The van der Waals surface area contributed by atoms with E-state index >= 15 is 0 Å². The summed E-state index contributed by atoms with van der Waals surface area (Å²) in [5.41, 5.74) is 1.22. The number of pyridine rings is 1. The summed E-state index contributed by atoms with van der Waals surface area (Å²) in [5.74, 6) is 0.435. The van der Waals surface area contributed by atoms with Gasteiger partial charge in [-0.1, -0.05) is 0 Å². The maximum absolute atomic E-state index is 10.9. The lowest BCUT2D eigenvalue weighted by Gasteiger charge is -2.04. The van der Waals surface area contributed by atoms with E-state index in [9.17, 15) is 4.79 Å². The first-order valence-electron chi connectivity index (χ1n) is 4.35. The van der Waals surface area contributed by atoms with Gasteiger partial charge in [-0.15, -0.1) is 0 Å². The summed E-state index contributed by atoms with van der Waals surface area (Å²) in [7, 11) is 1.53. The van der Waals surface area contributed by atoms with Crippen LogP contribution in [0.15, 0.2) is 35.5 Å². The van der Waals surface area contributed by atoms with Gasteiger partial charge in [0.2, 0.25) is 11.4 Å². The van der Waals surface area contributed by atoms with Gasteiger partial charge in [-0.25, -0.2) is 9.97 Å². The summed E-state index contributed by atoms with van der Waals surface area (Å²) < 4.78 is 5.06. The van der Waals surface area contributed by atoms with Crippen molar-refractivity contribution in [2.24, 2.45) is 0 Å². The number of H-pyrrole nitrogens is 1. The highest BCUT2D eigenvalue weighted by molar-refractivity contribution is 5.62. The lowest BCUT2D eigenvalue weighted by molar-refractivity contribution is 0.397. The summed E-state index contributed by atoms with van der Waals surface area (Å²) in [5, 5.41) is 0. The fraction of sp³-hybridized carbons (Fsp3) is 0.100. The van der Waals surface area contributed by atoms with E-state index in [1.165, 1.54) is 13.2 Å². The standard InChI is InChI=1S/C10H9N3O2/c1-15-10-9(11-4-5-12-10)7-2-3-8(14)13-6-7/h2-6H,1H3,(H,13,14). The second-order valence-corrected chi connectivity index (χ2v) is 2.86. The molecule has 2 aromatic rings. The van der Waals surface area contributed by atoms with Crippen molar-refractivity contribution >= 4 is 0 Å². The molecule has 2 rings (SSSR count). The maximum Gasteiger partial charge on any atom is 0.247 e. The first-order valence-corrected chi connectivity index (χ1v) is 4.35. The van der Waals surface area contributed by atoms with E-state index in [4.69, 9.17) is 4.74 Å². The molecule has 0 saturated carbocycles. The predicted molar refractivity (Wildman–Crippen MR) is 54.6 cm³/mol. The van der Waals surface area contributed by atoms with Crippen molar-refractivity contribution in [2.75, 3.05) is 7.11 Å². The molecule has 5 nitrogen and oxygen atoms in total.